The van der Waals surface area contributed by atoms with Gasteiger partial charge in [-0.2, -0.15) is 9.61 Å². The molecule has 0 bridgehead atoms. The molecule has 0 N–H and O–H groups in total. The Morgan fingerprint density at radius 2 is 2.17 bits per heavy atom. The maximum absolute atomic E-state index is 6.09. The van der Waals surface area contributed by atoms with Crippen molar-refractivity contribution in [3.63, 3.8) is 0 Å². The highest BCUT2D eigenvalue weighted by atomic mass is 16.5. The molecule has 0 radical (unpaired) electrons. The fourth-order valence-corrected chi connectivity index (χ4v) is 3.25. The Labute approximate surface area is 166 Å². The van der Waals surface area contributed by atoms with Crippen LogP contribution in [0.5, 0.6) is 5.88 Å². The van der Waals surface area contributed by atoms with E-state index in [9.17, 15) is 0 Å². The van der Waals surface area contributed by atoms with Gasteiger partial charge in [0, 0.05) is 44.2 Å². The van der Waals surface area contributed by atoms with Crippen LogP contribution in [0.3, 0.4) is 0 Å². The highest BCUT2D eigenvalue weighted by Gasteiger charge is 2.20. The topological polar surface area (TPSA) is 99.1 Å². The van der Waals surface area contributed by atoms with Crippen molar-refractivity contribution in [3.8, 4) is 17.3 Å². The molecule has 5 heterocycles. The van der Waals surface area contributed by atoms with E-state index in [-0.39, 0.29) is 6.61 Å². The quantitative estimate of drug-likeness (QED) is 0.475. The maximum Gasteiger partial charge on any atom is 0.256 e. The van der Waals surface area contributed by atoms with Gasteiger partial charge in [0.15, 0.2) is 17.3 Å². The number of rotatable bonds is 5. The number of hydrogen-bond acceptors (Lipinski definition) is 8. The molecule has 146 valence electrons. The van der Waals surface area contributed by atoms with Gasteiger partial charge in [-0.3, -0.25) is 9.67 Å². The molecule has 10 heteroatoms. The summed E-state index contributed by atoms with van der Waals surface area (Å²) in [6.07, 6.45) is 10.3. The first-order chi connectivity index (χ1) is 14.3. The Morgan fingerprint density at radius 3 is 2.93 bits per heavy atom. The van der Waals surface area contributed by atoms with E-state index in [0.717, 1.165) is 30.8 Å². The molecule has 4 aromatic rings. The van der Waals surface area contributed by atoms with Crippen molar-refractivity contribution in [1.29, 1.82) is 0 Å². The molecule has 5 rings (SSSR count). The Bertz CT molecular complexity index is 1170. The third kappa shape index (κ3) is 3.28. The number of anilines is 1. The Hall–Kier alpha value is -3.82. The monoisotopic (exact) mass is 389 g/mol. The lowest BCUT2D eigenvalue weighted by molar-refractivity contribution is 0.275. The van der Waals surface area contributed by atoms with Crippen LogP contribution in [-0.2, 0) is 13.7 Å². The van der Waals surface area contributed by atoms with E-state index in [4.69, 9.17) is 9.84 Å². The third-order valence-electron chi connectivity index (χ3n) is 4.80. The zero-order chi connectivity index (χ0) is 19.6. The highest BCUT2D eigenvalue weighted by molar-refractivity contribution is 5.65. The first kappa shape index (κ1) is 17.3. The zero-order valence-corrected chi connectivity index (χ0v) is 15.9. The van der Waals surface area contributed by atoms with E-state index in [0.29, 0.717) is 23.2 Å². The van der Waals surface area contributed by atoms with Crippen molar-refractivity contribution in [2.24, 2.45) is 7.05 Å². The van der Waals surface area contributed by atoms with E-state index >= 15 is 0 Å². The summed E-state index contributed by atoms with van der Waals surface area (Å²) < 4.78 is 9.46. The van der Waals surface area contributed by atoms with Crippen LogP contribution in [-0.4, -0.2) is 52.6 Å². The van der Waals surface area contributed by atoms with Gasteiger partial charge >= 0.3 is 0 Å². The Balaban J connectivity index is 1.58. The second kappa shape index (κ2) is 7.30. The number of aryl methyl sites for hydroxylation is 1. The van der Waals surface area contributed by atoms with Crippen LogP contribution in [0.1, 0.15) is 12.2 Å². The minimum atomic E-state index is 0.260. The van der Waals surface area contributed by atoms with Gasteiger partial charge in [0.1, 0.15) is 18.6 Å². The predicted molar refractivity (Wildman–Crippen MR) is 105 cm³/mol. The summed E-state index contributed by atoms with van der Waals surface area (Å²) >= 11 is 0. The van der Waals surface area contributed by atoms with Gasteiger partial charge in [0.25, 0.3) is 5.88 Å². The number of fused-ring (bicyclic) bond motifs is 1. The summed E-state index contributed by atoms with van der Waals surface area (Å²) in [5.41, 5.74) is 2.37. The first-order valence-electron chi connectivity index (χ1n) is 9.32. The standard InChI is InChI=1S/C19H19N9O/c1-26-17(21-13-22-26)12-29-19-15(27-8-3-2-4-9-27)10-16-23-24-18(28(16)25-19)14-6-5-7-20-11-14/h2-3,5-7,10-11,13H,4,8-9,12H2,1H3. The molecule has 29 heavy (non-hydrogen) atoms. The van der Waals surface area contributed by atoms with Crippen LogP contribution < -0.4 is 9.64 Å². The maximum atomic E-state index is 6.09. The normalized spacial score (nSPS) is 13.9. The molecule has 0 saturated heterocycles. The number of pyridine rings is 1. The van der Waals surface area contributed by atoms with Crippen LogP contribution in [0.25, 0.3) is 17.0 Å². The lowest BCUT2D eigenvalue weighted by Gasteiger charge is -2.26. The molecule has 4 aromatic heterocycles. The molecule has 1 aliphatic heterocycles. The van der Waals surface area contributed by atoms with E-state index in [2.05, 4.69) is 42.3 Å². The van der Waals surface area contributed by atoms with Gasteiger partial charge in [-0.1, -0.05) is 12.2 Å². The summed E-state index contributed by atoms with van der Waals surface area (Å²) in [5, 5.41) is 17.4. The van der Waals surface area contributed by atoms with Crippen LogP contribution in [0.2, 0.25) is 0 Å². The van der Waals surface area contributed by atoms with Crippen LogP contribution >= 0.6 is 0 Å². The molecule has 0 amide bonds. The Kier molecular flexibility index (Phi) is 4.35. The molecule has 10 nitrogen and oxygen atoms in total. The molecule has 0 saturated carbocycles. The van der Waals surface area contributed by atoms with Crippen LogP contribution in [0.4, 0.5) is 5.69 Å². The number of aromatic nitrogens is 8. The molecular formula is C19H19N9O. The van der Waals surface area contributed by atoms with Crippen molar-refractivity contribution in [2.75, 3.05) is 18.0 Å². The second-order valence-corrected chi connectivity index (χ2v) is 6.66. The van der Waals surface area contributed by atoms with Crippen molar-refractivity contribution in [1.82, 2.24) is 39.6 Å². The molecule has 0 aliphatic carbocycles. The lowest BCUT2D eigenvalue weighted by atomic mass is 10.2. The zero-order valence-electron chi connectivity index (χ0n) is 15.9. The number of hydrogen-bond donors (Lipinski definition) is 0. The van der Waals surface area contributed by atoms with Crippen molar-refractivity contribution >= 4 is 11.3 Å². The van der Waals surface area contributed by atoms with Gasteiger partial charge in [-0.05, 0) is 18.6 Å². The average Bonchev–Trinajstić information content (AvgIpc) is 3.38. The minimum Gasteiger partial charge on any atom is -0.467 e. The number of ether oxygens (including phenoxy) is 1. The fraction of sp³-hybridized carbons (Fsp3) is 0.263. The molecule has 0 atom stereocenters. The first-order valence-corrected chi connectivity index (χ1v) is 9.32. The number of nitrogens with zero attached hydrogens (tertiary/aromatic N) is 9. The lowest BCUT2D eigenvalue weighted by Crippen LogP contribution is -2.28. The van der Waals surface area contributed by atoms with Crippen molar-refractivity contribution in [3.05, 3.63) is 54.9 Å². The summed E-state index contributed by atoms with van der Waals surface area (Å²) in [7, 11) is 1.83. The van der Waals surface area contributed by atoms with Crippen molar-refractivity contribution < 1.29 is 4.74 Å². The van der Waals surface area contributed by atoms with Gasteiger partial charge in [-0.15, -0.1) is 15.3 Å². The average molecular weight is 389 g/mol. The molecule has 0 spiro atoms. The molecule has 0 unspecified atom stereocenters. The van der Waals surface area contributed by atoms with E-state index in [1.165, 1.54) is 6.33 Å². The van der Waals surface area contributed by atoms with Crippen LogP contribution in [0, 0.1) is 0 Å². The predicted octanol–water partition coefficient (Wildman–Crippen LogP) is 1.66. The van der Waals surface area contributed by atoms with E-state index in [1.807, 2.05) is 25.2 Å². The van der Waals surface area contributed by atoms with E-state index < -0.39 is 0 Å². The van der Waals surface area contributed by atoms with E-state index in [1.54, 1.807) is 21.6 Å². The molecule has 0 fully saturated rings. The molecule has 1 aliphatic rings. The van der Waals surface area contributed by atoms with Gasteiger partial charge in [0.05, 0.1) is 0 Å². The largest absolute Gasteiger partial charge is 0.467 e. The second-order valence-electron chi connectivity index (χ2n) is 6.66. The summed E-state index contributed by atoms with van der Waals surface area (Å²) in [6, 6.07) is 5.75. The van der Waals surface area contributed by atoms with Crippen LogP contribution in [0.15, 0.2) is 49.1 Å². The SMILES string of the molecule is Cn1ncnc1COc1nn2c(-c3cccnc3)nnc2cc1N1CC=CCC1. The van der Waals surface area contributed by atoms with Gasteiger partial charge < -0.3 is 9.64 Å². The minimum absolute atomic E-state index is 0.260. The van der Waals surface area contributed by atoms with Gasteiger partial charge in [-0.25, -0.2) is 4.98 Å². The Morgan fingerprint density at radius 1 is 1.21 bits per heavy atom. The van der Waals surface area contributed by atoms with Gasteiger partial charge in [0.2, 0.25) is 0 Å². The summed E-state index contributed by atoms with van der Waals surface area (Å²) in [4.78, 5) is 10.6. The summed E-state index contributed by atoms with van der Waals surface area (Å²) in [5.74, 6) is 1.83. The third-order valence-corrected chi connectivity index (χ3v) is 4.80. The highest BCUT2D eigenvalue weighted by Crippen LogP contribution is 2.30. The molecular weight excluding hydrogens is 370 g/mol. The fourth-order valence-electron chi connectivity index (χ4n) is 3.25. The van der Waals surface area contributed by atoms with Crippen molar-refractivity contribution in [2.45, 2.75) is 13.0 Å². The smallest absolute Gasteiger partial charge is 0.256 e. The molecule has 0 aromatic carbocycles. The summed E-state index contributed by atoms with van der Waals surface area (Å²) in [6.45, 7) is 1.94.